The highest BCUT2D eigenvalue weighted by atomic mass is 79.9. The Morgan fingerprint density at radius 3 is 2.13 bits per heavy atom. The van der Waals surface area contributed by atoms with Crippen molar-refractivity contribution in [1.29, 1.82) is 0 Å². The topological polar surface area (TPSA) is 59.1 Å². The average molecular weight is 389 g/mol. The molecule has 6 heteroatoms. The minimum Gasteiger partial charge on any atom is -0.263 e. The first-order chi connectivity index (χ1) is 11.0. The molecule has 0 radical (unpaired) electrons. The zero-order chi connectivity index (χ0) is 16.3. The highest BCUT2D eigenvalue weighted by Gasteiger charge is 2.14. The molecule has 1 aromatic heterocycles. The second-order valence-corrected chi connectivity index (χ2v) is 7.46. The van der Waals surface area contributed by atoms with E-state index in [1.165, 1.54) is 12.1 Å². The normalized spacial score (nSPS) is 11.2. The van der Waals surface area contributed by atoms with Crippen molar-refractivity contribution in [1.82, 2.24) is 4.98 Å². The van der Waals surface area contributed by atoms with E-state index in [1.54, 1.807) is 24.4 Å². The highest BCUT2D eigenvalue weighted by Crippen LogP contribution is 2.21. The number of aromatic nitrogens is 1. The van der Waals surface area contributed by atoms with Gasteiger partial charge in [-0.2, -0.15) is 0 Å². The van der Waals surface area contributed by atoms with E-state index >= 15 is 0 Å². The second kappa shape index (κ2) is 6.52. The lowest BCUT2D eigenvalue weighted by Crippen LogP contribution is -2.13. The minimum absolute atomic E-state index is 0.189. The molecule has 0 saturated heterocycles. The van der Waals surface area contributed by atoms with Gasteiger partial charge in [-0.25, -0.2) is 13.4 Å². The van der Waals surface area contributed by atoms with Crippen molar-refractivity contribution in [2.45, 2.75) is 4.90 Å². The van der Waals surface area contributed by atoms with Gasteiger partial charge in [0.15, 0.2) is 0 Å². The summed E-state index contributed by atoms with van der Waals surface area (Å²) in [6.07, 6.45) is 1.65. The van der Waals surface area contributed by atoms with E-state index in [-0.39, 0.29) is 10.7 Å². The van der Waals surface area contributed by atoms with Gasteiger partial charge in [0, 0.05) is 16.2 Å². The summed E-state index contributed by atoms with van der Waals surface area (Å²) in [6.45, 7) is 0. The van der Waals surface area contributed by atoms with Crippen molar-refractivity contribution < 1.29 is 8.42 Å². The van der Waals surface area contributed by atoms with Gasteiger partial charge in [0.25, 0.3) is 10.0 Å². The zero-order valence-electron chi connectivity index (χ0n) is 12.0. The van der Waals surface area contributed by atoms with E-state index in [0.29, 0.717) is 0 Å². The van der Waals surface area contributed by atoms with E-state index in [9.17, 15) is 8.42 Å². The molecule has 0 spiro atoms. The largest absolute Gasteiger partial charge is 0.263 e. The summed E-state index contributed by atoms with van der Waals surface area (Å²) in [7, 11) is -3.64. The Bertz CT molecular complexity index is 894. The van der Waals surface area contributed by atoms with Crippen molar-refractivity contribution in [3.63, 3.8) is 0 Å². The van der Waals surface area contributed by atoms with Crippen LogP contribution >= 0.6 is 15.9 Å². The van der Waals surface area contributed by atoms with Gasteiger partial charge < -0.3 is 0 Å². The van der Waals surface area contributed by atoms with Crippen LogP contribution in [0.2, 0.25) is 0 Å². The fraction of sp³-hybridized carbons (Fsp3) is 0. The van der Waals surface area contributed by atoms with Gasteiger partial charge >= 0.3 is 0 Å². The van der Waals surface area contributed by atoms with Gasteiger partial charge in [-0.15, -0.1) is 0 Å². The first kappa shape index (κ1) is 15.7. The second-order valence-electron chi connectivity index (χ2n) is 4.86. The molecule has 0 atom stereocenters. The van der Waals surface area contributed by atoms with Gasteiger partial charge in [0.1, 0.15) is 5.82 Å². The summed E-state index contributed by atoms with van der Waals surface area (Å²) in [5.74, 6) is 0.285. The van der Waals surface area contributed by atoms with Crippen LogP contribution < -0.4 is 4.72 Å². The predicted octanol–water partition coefficient (Wildman–Crippen LogP) is 4.31. The molecule has 116 valence electrons. The van der Waals surface area contributed by atoms with Crippen LogP contribution in [-0.4, -0.2) is 13.4 Å². The molecule has 0 amide bonds. The van der Waals surface area contributed by atoms with Crippen molar-refractivity contribution in [3.8, 4) is 11.1 Å². The summed E-state index contributed by atoms with van der Waals surface area (Å²) in [4.78, 5) is 4.37. The number of benzene rings is 2. The van der Waals surface area contributed by atoms with Gasteiger partial charge in [-0.1, -0.05) is 46.3 Å². The first-order valence-corrected chi connectivity index (χ1v) is 9.12. The SMILES string of the molecule is O=S(=O)(Nc1ccc(-c2ccccc2)cn1)c1ccc(Br)cc1. The van der Waals surface area contributed by atoms with Crippen LogP contribution in [0.15, 0.2) is 82.3 Å². The number of pyridine rings is 1. The number of rotatable bonds is 4. The monoisotopic (exact) mass is 388 g/mol. The molecule has 0 unspecified atom stereocenters. The third kappa shape index (κ3) is 3.78. The van der Waals surface area contributed by atoms with Crippen molar-refractivity contribution in [2.24, 2.45) is 0 Å². The molecule has 0 saturated carbocycles. The fourth-order valence-corrected chi connectivity index (χ4v) is 3.34. The zero-order valence-corrected chi connectivity index (χ0v) is 14.4. The quantitative estimate of drug-likeness (QED) is 0.723. The van der Waals surface area contributed by atoms with E-state index in [4.69, 9.17) is 0 Å². The maximum absolute atomic E-state index is 12.3. The lowest BCUT2D eigenvalue weighted by Gasteiger charge is -2.08. The fourth-order valence-electron chi connectivity index (χ4n) is 2.07. The van der Waals surface area contributed by atoms with Crippen LogP contribution in [0.3, 0.4) is 0 Å². The molecule has 4 nitrogen and oxygen atoms in total. The molecule has 3 rings (SSSR count). The Hall–Kier alpha value is -2.18. The number of hydrogen-bond acceptors (Lipinski definition) is 3. The number of anilines is 1. The van der Waals surface area contributed by atoms with Gasteiger partial charge in [0.05, 0.1) is 4.90 Å². The summed E-state index contributed by atoms with van der Waals surface area (Å²) < 4.78 is 27.9. The first-order valence-electron chi connectivity index (χ1n) is 6.84. The minimum atomic E-state index is -3.64. The number of nitrogens with zero attached hydrogens (tertiary/aromatic N) is 1. The number of sulfonamides is 1. The lowest BCUT2D eigenvalue weighted by atomic mass is 10.1. The van der Waals surface area contributed by atoms with E-state index in [1.807, 2.05) is 36.4 Å². The maximum atomic E-state index is 12.3. The summed E-state index contributed by atoms with van der Waals surface area (Å²) >= 11 is 3.28. The predicted molar refractivity (Wildman–Crippen MR) is 94.6 cm³/mol. The van der Waals surface area contributed by atoms with Crippen molar-refractivity contribution >= 4 is 31.8 Å². The Morgan fingerprint density at radius 1 is 0.826 bits per heavy atom. The third-order valence-electron chi connectivity index (χ3n) is 3.23. The molecule has 23 heavy (non-hydrogen) atoms. The summed E-state index contributed by atoms with van der Waals surface area (Å²) in [5, 5.41) is 0. The van der Waals surface area contributed by atoms with E-state index in [2.05, 4.69) is 25.6 Å². The van der Waals surface area contributed by atoms with Gasteiger partial charge in [0.2, 0.25) is 0 Å². The molecule has 0 aliphatic rings. The van der Waals surface area contributed by atoms with Crippen LogP contribution in [0.4, 0.5) is 5.82 Å². The Balaban J connectivity index is 1.82. The molecule has 0 fully saturated rings. The number of halogens is 1. The van der Waals surface area contributed by atoms with Crippen LogP contribution in [0, 0.1) is 0 Å². The molecule has 2 aromatic carbocycles. The third-order valence-corrected chi connectivity index (χ3v) is 5.13. The molecular formula is C17H13BrN2O2S. The molecule has 0 aliphatic carbocycles. The smallest absolute Gasteiger partial charge is 0.263 e. The van der Waals surface area contributed by atoms with Crippen LogP contribution in [0.5, 0.6) is 0 Å². The molecule has 0 bridgehead atoms. The maximum Gasteiger partial charge on any atom is 0.263 e. The standard InChI is InChI=1S/C17H13BrN2O2S/c18-15-7-9-16(10-8-15)23(21,22)20-17-11-6-14(12-19-17)13-4-2-1-3-5-13/h1-12H,(H,19,20). The number of hydrogen-bond donors (Lipinski definition) is 1. The highest BCUT2D eigenvalue weighted by molar-refractivity contribution is 9.10. The molecule has 1 heterocycles. The number of nitrogens with one attached hydrogen (secondary N) is 1. The van der Waals surface area contributed by atoms with Crippen molar-refractivity contribution in [2.75, 3.05) is 4.72 Å². The molecular weight excluding hydrogens is 376 g/mol. The summed E-state index contributed by atoms with van der Waals surface area (Å²) in [5.41, 5.74) is 1.96. The Morgan fingerprint density at radius 2 is 1.52 bits per heavy atom. The van der Waals surface area contributed by atoms with E-state index in [0.717, 1.165) is 15.6 Å². The van der Waals surface area contributed by atoms with Gasteiger partial charge in [-0.3, -0.25) is 4.72 Å². The average Bonchev–Trinajstić information content (AvgIpc) is 2.56. The van der Waals surface area contributed by atoms with E-state index < -0.39 is 10.0 Å². The van der Waals surface area contributed by atoms with Crippen LogP contribution in [0.25, 0.3) is 11.1 Å². The summed E-state index contributed by atoms with van der Waals surface area (Å²) in [6, 6.07) is 19.7. The Kier molecular flexibility index (Phi) is 4.45. The molecule has 1 N–H and O–H groups in total. The van der Waals surface area contributed by atoms with Crippen LogP contribution in [0.1, 0.15) is 0 Å². The molecule has 0 aliphatic heterocycles. The lowest BCUT2D eigenvalue weighted by molar-refractivity contribution is 0.601. The Labute approximate surface area is 143 Å². The molecule has 3 aromatic rings. The van der Waals surface area contributed by atoms with Crippen molar-refractivity contribution in [3.05, 3.63) is 77.4 Å². The van der Waals surface area contributed by atoms with Crippen LogP contribution in [-0.2, 0) is 10.0 Å². The van der Waals surface area contributed by atoms with Gasteiger partial charge in [-0.05, 0) is 42.0 Å².